The number of nitrogens with zero attached hydrogens (tertiary/aromatic N) is 3. The molecule has 2 heterocycles. The minimum atomic E-state index is 0.242. The highest BCUT2D eigenvalue weighted by atomic mass is 16.2. The van der Waals surface area contributed by atoms with Crippen LogP contribution in [-0.4, -0.2) is 33.9 Å². The summed E-state index contributed by atoms with van der Waals surface area (Å²) in [6.45, 7) is 3.55. The molecule has 17 heavy (non-hydrogen) atoms. The Morgan fingerprint density at radius 3 is 2.65 bits per heavy atom. The molecule has 0 aliphatic carbocycles. The van der Waals surface area contributed by atoms with E-state index in [9.17, 15) is 4.79 Å². The molecule has 1 aromatic rings. The second-order valence-corrected chi connectivity index (χ2v) is 4.37. The van der Waals surface area contributed by atoms with Gasteiger partial charge >= 0.3 is 0 Å². The zero-order valence-corrected chi connectivity index (χ0v) is 10.1. The van der Waals surface area contributed by atoms with Crippen LogP contribution in [0.15, 0.2) is 12.4 Å². The molecule has 5 nitrogen and oxygen atoms in total. The second kappa shape index (κ2) is 5.12. The van der Waals surface area contributed by atoms with E-state index in [1.54, 1.807) is 12.4 Å². The van der Waals surface area contributed by atoms with E-state index >= 15 is 0 Å². The number of nitrogen functional groups attached to an aromatic ring is 1. The van der Waals surface area contributed by atoms with E-state index in [4.69, 9.17) is 5.73 Å². The summed E-state index contributed by atoms with van der Waals surface area (Å²) in [6, 6.07) is 0. The van der Waals surface area contributed by atoms with E-state index in [0.29, 0.717) is 18.2 Å². The highest BCUT2D eigenvalue weighted by molar-refractivity contribution is 5.75. The summed E-state index contributed by atoms with van der Waals surface area (Å²) in [5.41, 5.74) is 6.50. The van der Waals surface area contributed by atoms with Gasteiger partial charge in [0.05, 0.1) is 18.1 Å². The van der Waals surface area contributed by atoms with E-state index < -0.39 is 0 Å². The average Bonchev–Trinajstić information content (AvgIpc) is 2.39. The molecule has 0 saturated carbocycles. The Morgan fingerprint density at radius 1 is 1.41 bits per heavy atom. The topological polar surface area (TPSA) is 72.1 Å². The smallest absolute Gasteiger partial charge is 0.222 e. The van der Waals surface area contributed by atoms with Crippen molar-refractivity contribution >= 4 is 11.7 Å². The average molecular weight is 234 g/mol. The summed E-state index contributed by atoms with van der Waals surface area (Å²) >= 11 is 0. The Hall–Kier alpha value is -1.65. The third-order valence-electron chi connectivity index (χ3n) is 3.26. The highest BCUT2D eigenvalue weighted by Gasteiger charge is 2.23. The highest BCUT2D eigenvalue weighted by Crippen LogP contribution is 2.26. The largest absolute Gasteiger partial charge is 0.382 e. The van der Waals surface area contributed by atoms with Gasteiger partial charge in [-0.1, -0.05) is 6.92 Å². The maximum absolute atomic E-state index is 11.5. The Labute approximate surface area is 101 Å². The van der Waals surface area contributed by atoms with E-state index in [2.05, 4.69) is 9.97 Å². The van der Waals surface area contributed by atoms with Gasteiger partial charge in [0.1, 0.15) is 5.82 Å². The van der Waals surface area contributed by atoms with Crippen molar-refractivity contribution in [3.8, 4) is 0 Å². The zero-order valence-electron chi connectivity index (χ0n) is 10.1. The van der Waals surface area contributed by atoms with Gasteiger partial charge in [-0.25, -0.2) is 4.98 Å². The van der Waals surface area contributed by atoms with Gasteiger partial charge in [0.15, 0.2) is 0 Å². The van der Waals surface area contributed by atoms with E-state index in [-0.39, 0.29) is 5.91 Å². The monoisotopic (exact) mass is 234 g/mol. The lowest BCUT2D eigenvalue weighted by Crippen LogP contribution is -2.37. The van der Waals surface area contributed by atoms with Crippen molar-refractivity contribution in [2.24, 2.45) is 0 Å². The van der Waals surface area contributed by atoms with Gasteiger partial charge in [0.2, 0.25) is 5.91 Å². The number of carbonyl (C=O) groups excluding carboxylic acids is 1. The van der Waals surface area contributed by atoms with E-state index in [0.717, 1.165) is 31.6 Å². The van der Waals surface area contributed by atoms with Crippen molar-refractivity contribution in [1.82, 2.24) is 14.9 Å². The van der Waals surface area contributed by atoms with Crippen molar-refractivity contribution in [1.29, 1.82) is 0 Å². The predicted octanol–water partition coefficient (Wildman–Crippen LogP) is 1.17. The van der Waals surface area contributed by atoms with Crippen LogP contribution in [0.5, 0.6) is 0 Å². The molecule has 1 saturated heterocycles. The quantitative estimate of drug-likeness (QED) is 0.834. The normalized spacial score (nSPS) is 17.1. The summed E-state index contributed by atoms with van der Waals surface area (Å²) in [4.78, 5) is 21.8. The molecular formula is C12H18N4O. The van der Waals surface area contributed by atoms with Crippen LogP contribution in [-0.2, 0) is 4.79 Å². The van der Waals surface area contributed by atoms with Crippen molar-refractivity contribution in [2.75, 3.05) is 18.8 Å². The molecule has 1 aliphatic rings. The molecule has 2 rings (SSSR count). The fraction of sp³-hybridized carbons (Fsp3) is 0.583. The number of likely N-dealkylation sites (tertiary alicyclic amines) is 1. The van der Waals surface area contributed by atoms with Crippen molar-refractivity contribution in [2.45, 2.75) is 32.1 Å². The lowest BCUT2D eigenvalue weighted by molar-refractivity contribution is -0.131. The number of aromatic nitrogens is 2. The fourth-order valence-electron chi connectivity index (χ4n) is 2.21. The molecule has 0 atom stereocenters. The number of amides is 1. The van der Waals surface area contributed by atoms with Gasteiger partial charge in [-0.15, -0.1) is 0 Å². The summed E-state index contributed by atoms with van der Waals surface area (Å²) in [6.07, 6.45) is 5.86. The number of piperidine rings is 1. The number of carbonyl (C=O) groups is 1. The molecule has 0 bridgehead atoms. The molecule has 1 aliphatic heterocycles. The molecule has 5 heteroatoms. The minimum absolute atomic E-state index is 0.242. The Morgan fingerprint density at radius 2 is 2.12 bits per heavy atom. The van der Waals surface area contributed by atoms with Gasteiger partial charge in [-0.3, -0.25) is 9.78 Å². The Bertz CT molecular complexity index is 382. The zero-order chi connectivity index (χ0) is 12.3. The van der Waals surface area contributed by atoms with Gasteiger partial charge < -0.3 is 10.6 Å². The summed E-state index contributed by atoms with van der Waals surface area (Å²) in [5.74, 6) is 1.10. The first-order valence-electron chi connectivity index (χ1n) is 6.06. The van der Waals surface area contributed by atoms with Crippen LogP contribution in [0.1, 0.15) is 37.8 Å². The van der Waals surface area contributed by atoms with Crippen molar-refractivity contribution < 1.29 is 4.79 Å². The van der Waals surface area contributed by atoms with Gasteiger partial charge in [0.25, 0.3) is 0 Å². The molecule has 0 spiro atoms. The minimum Gasteiger partial charge on any atom is -0.382 e. The Balaban J connectivity index is 1.95. The summed E-state index contributed by atoms with van der Waals surface area (Å²) in [5, 5.41) is 0. The van der Waals surface area contributed by atoms with Crippen LogP contribution >= 0.6 is 0 Å². The van der Waals surface area contributed by atoms with Gasteiger partial charge in [0, 0.05) is 25.4 Å². The van der Waals surface area contributed by atoms with Crippen LogP contribution in [0.4, 0.5) is 5.82 Å². The van der Waals surface area contributed by atoms with Crippen molar-refractivity contribution in [3.05, 3.63) is 18.1 Å². The maximum Gasteiger partial charge on any atom is 0.222 e. The Kier molecular flexibility index (Phi) is 3.56. The number of rotatable bonds is 2. The van der Waals surface area contributed by atoms with E-state index in [1.807, 2.05) is 11.8 Å². The fourth-order valence-corrected chi connectivity index (χ4v) is 2.21. The number of hydrogen-bond acceptors (Lipinski definition) is 4. The first-order chi connectivity index (χ1) is 8.20. The number of anilines is 1. The molecular weight excluding hydrogens is 216 g/mol. The molecule has 2 N–H and O–H groups in total. The second-order valence-electron chi connectivity index (χ2n) is 4.37. The first kappa shape index (κ1) is 11.8. The number of nitrogens with two attached hydrogens (primary N) is 1. The van der Waals surface area contributed by atoms with Crippen LogP contribution in [0.25, 0.3) is 0 Å². The SMILES string of the molecule is CCC(=O)N1CCC(c2cnc(N)cn2)CC1. The predicted molar refractivity (Wildman–Crippen MR) is 65.3 cm³/mol. The first-order valence-corrected chi connectivity index (χ1v) is 6.06. The van der Waals surface area contributed by atoms with Crippen LogP contribution in [0.2, 0.25) is 0 Å². The van der Waals surface area contributed by atoms with E-state index in [1.165, 1.54) is 0 Å². The van der Waals surface area contributed by atoms with Gasteiger partial charge in [-0.05, 0) is 12.8 Å². The van der Waals surface area contributed by atoms with Gasteiger partial charge in [-0.2, -0.15) is 0 Å². The molecule has 1 fully saturated rings. The molecule has 92 valence electrons. The summed E-state index contributed by atoms with van der Waals surface area (Å²) < 4.78 is 0. The molecule has 0 unspecified atom stereocenters. The number of hydrogen-bond donors (Lipinski definition) is 1. The van der Waals surface area contributed by atoms with Crippen LogP contribution in [0, 0.1) is 0 Å². The van der Waals surface area contributed by atoms with Crippen molar-refractivity contribution in [3.63, 3.8) is 0 Å². The van der Waals surface area contributed by atoms with Crippen LogP contribution in [0.3, 0.4) is 0 Å². The lowest BCUT2D eigenvalue weighted by Gasteiger charge is -2.31. The molecule has 0 aromatic carbocycles. The third-order valence-corrected chi connectivity index (χ3v) is 3.26. The van der Waals surface area contributed by atoms with Crippen LogP contribution < -0.4 is 5.73 Å². The molecule has 1 amide bonds. The lowest BCUT2D eigenvalue weighted by atomic mass is 9.93. The molecule has 1 aromatic heterocycles. The maximum atomic E-state index is 11.5. The standard InChI is InChI=1S/C12H18N4O/c1-2-12(17)16-5-3-9(4-6-16)10-7-15-11(13)8-14-10/h7-9H,2-6H2,1H3,(H2,13,15). The molecule has 0 radical (unpaired) electrons. The summed E-state index contributed by atoms with van der Waals surface area (Å²) in [7, 11) is 0. The third kappa shape index (κ3) is 2.72.